The minimum atomic E-state index is -0.294. The maximum Gasteiger partial charge on any atom is 0.257 e. The number of ether oxygens (including phenoxy) is 2. The average Bonchev–Trinajstić information content (AvgIpc) is 2.60. The Balaban J connectivity index is 2.06. The van der Waals surface area contributed by atoms with E-state index in [0.29, 0.717) is 48.9 Å². The van der Waals surface area contributed by atoms with Crippen molar-refractivity contribution in [2.45, 2.75) is 19.8 Å². The zero-order valence-corrected chi connectivity index (χ0v) is 13.5. The van der Waals surface area contributed by atoms with E-state index in [0.717, 1.165) is 0 Å². The number of carbonyl (C=O) groups is 1. The highest BCUT2D eigenvalue weighted by atomic mass is 16.5. The highest BCUT2D eigenvalue weighted by Gasteiger charge is 2.11. The summed E-state index contributed by atoms with van der Waals surface area (Å²) in [6.07, 6.45) is 2.62. The van der Waals surface area contributed by atoms with Crippen LogP contribution in [0.25, 0.3) is 0 Å². The number of hydrogen-bond acceptors (Lipinski definition) is 5. The molecule has 6 nitrogen and oxygen atoms in total. The third kappa shape index (κ3) is 4.99. The summed E-state index contributed by atoms with van der Waals surface area (Å²) in [5.41, 5.74) is 0.474. The van der Waals surface area contributed by atoms with Crippen molar-refractivity contribution < 1.29 is 14.3 Å². The molecule has 0 aliphatic carbocycles. The van der Waals surface area contributed by atoms with E-state index in [1.54, 1.807) is 42.6 Å². The number of aromatic nitrogens is 1. The molecule has 0 unspecified atom stereocenters. The summed E-state index contributed by atoms with van der Waals surface area (Å²) in [4.78, 5) is 16.5. The van der Waals surface area contributed by atoms with Crippen LogP contribution in [0.2, 0.25) is 0 Å². The molecular weight excluding hydrogens is 306 g/mol. The van der Waals surface area contributed by atoms with Crippen molar-refractivity contribution in [1.29, 1.82) is 5.26 Å². The van der Waals surface area contributed by atoms with Crippen molar-refractivity contribution in [3.05, 3.63) is 48.2 Å². The molecule has 24 heavy (non-hydrogen) atoms. The van der Waals surface area contributed by atoms with Crippen molar-refractivity contribution in [3.8, 4) is 17.6 Å². The van der Waals surface area contributed by atoms with Crippen LogP contribution >= 0.6 is 0 Å². The number of nitriles is 1. The van der Waals surface area contributed by atoms with E-state index in [9.17, 15) is 4.79 Å². The van der Waals surface area contributed by atoms with Gasteiger partial charge in [0, 0.05) is 18.2 Å². The first kappa shape index (κ1) is 17.3. The third-order valence-corrected chi connectivity index (χ3v) is 3.10. The molecule has 0 radical (unpaired) electrons. The molecule has 0 aliphatic heterocycles. The van der Waals surface area contributed by atoms with E-state index in [1.807, 2.05) is 6.92 Å². The van der Waals surface area contributed by atoms with Crippen LogP contribution in [0.4, 0.5) is 5.82 Å². The third-order valence-electron chi connectivity index (χ3n) is 3.10. The van der Waals surface area contributed by atoms with E-state index in [2.05, 4.69) is 16.4 Å². The van der Waals surface area contributed by atoms with Gasteiger partial charge in [0.2, 0.25) is 0 Å². The summed E-state index contributed by atoms with van der Waals surface area (Å²) < 4.78 is 11.0. The van der Waals surface area contributed by atoms with Gasteiger partial charge in [0.15, 0.2) is 11.6 Å². The number of pyridine rings is 1. The molecule has 124 valence electrons. The molecule has 6 heteroatoms. The van der Waals surface area contributed by atoms with Crippen molar-refractivity contribution in [2.75, 3.05) is 18.5 Å². The zero-order valence-electron chi connectivity index (χ0n) is 13.5. The van der Waals surface area contributed by atoms with Crippen LogP contribution in [-0.2, 0) is 0 Å². The largest absolute Gasteiger partial charge is 0.494 e. The number of rotatable bonds is 8. The summed E-state index contributed by atoms with van der Waals surface area (Å²) in [7, 11) is 0. The van der Waals surface area contributed by atoms with Crippen LogP contribution < -0.4 is 14.8 Å². The summed E-state index contributed by atoms with van der Waals surface area (Å²) >= 11 is 0. The number of anilines is 1. The summed E-state index contributed by atoms with van der Waals surface area (Å²) in [6, 6.07) is 12.5. The first-order valence-corrected chi connectivity index (χ1v) is 7.73. The van der Waals surface area contributed by atoms with Gasteiger partial charge in [-0.3, -0.25) is 4.79 Å². The Morgan fingerprint density at radius 2 is 2.17 bits per heavy atom. The van der Waals surface area contributed by atoms with E-state index in [1.165, 1.54) is 0 Å². The number of unbranched alkanes of at least 4 members (excludes halogenated alkanes) is 1. The number of nitrogens with zero attached hydrogens (tertiary/aromatic N) is 2. The second kappa shape index (κ2) is 9.16. The standard InChI is InChI=1S/C18H19N3O3/c1-2-23-15-8-5-7-14(13-15)18(22)21-17-16(9-6-11-20-17)24-12-4-3-10-19/h5-9,11,13H,2-4,12H2,1H3,(H,20,21,22). The molecule has 0 bridgehead atoms. The van der Waals surface area contributed by atoms with Crippen LogP contribution in [0, 0.1) is 11.3 Å². The normalized spacial score (nSPS) is 9.83. The number of nitrogens with one attached hydrogen (secondary N) is 1. The van der Waals surface area contributed by atoms with E-state index < -0.39 is 0 Å². The molecule has 0 fully saturated rings. The summed E-state index contributed by atoms with van der Waals surface area (Å²) in [5, 5.41) is 11.3. The SMILES string of the molecule is CCOc1cccc(C(=O)Nc2ncccc2OCCCC#N)c1. The van der Waals surface area contributed by atoms with E-state index in [-0.39, 0.29) is 5.91 Å². The molecule has 0 saturated heterocycles. The lowest BCUT2D eigenvalue weighted by Crippen LogP contribution is -2.14. The predicted octanol–water partition coefficient (Wildman–Crippen LogP) is 3.42. The fourth-order valence-corrected chi connectivity index (χ4v) is 2.01. The van der Waals surface area contributed by atoms with Gasteiger partial charge in [0.05, 0.1) is 19.3 Å². The molecule has 1 amide bonds. The van der Waals surface area contributed by atoms with Gasteiger partial charge >= 0.3 is 0 Å². The molecule has 1 heterocycles. The van der Waals surface area contributed by atoms with Crippen molar-refractivity contribution >= 4 is 11.7 Å². The molecule has 1 aromatic heterocycles. The van der Waals surface area contributed by atoms with Gasteiger partial charge in [0.25, 0.3) is 5.91 Å². The maximum absolute atomic E-state index is 12.4. The smallest absolute Gasteiger partial charge is 0.257 e. The molecule has 1 aromatic carbocycles. The average molecular weight is 325 g/mol. The second-order valence-electron chi connectivity index (χ2n) is 4.88. The second-order valence-corrected chi connectivity index (χ2v) is 4.88. The lowest BCUT2D eigenvalue weighted by atomic mass is 10.2. The van der Waals surface area contributed by atoms with Gasteiger partial charge in [-0.15, -0.1) is 0 Å². The Kier molecular flexibility index (Phi) is 6.59. The molecule has 1 N–H and O–H groups in total. The minimum absolute atomic E-state index is 0.294. The Morgan fingerprint density at radius 1 is 1.29 bits per heavy atom. The van der Waals surface area contributed by atoms with Gasteiger partial charge in [0.1, 0.15) is 5.75 Å². The van der Waals surface area contributed by atoms with Gasteiger partial charge < -0.3 is 14.8 Å². The summed E-state index contributed by atoms with van der Waals surface area (Å²) in [6.45, 7) is 2.81. The van der Waals surface area contributed by atoms with Gasteiger partial charge in [-0.05, 0) is 43.7 Å². The Morgan fingerprint density at radius 3 is 2.96 bits per heavy atom. The van der Waals surface area contributed by atoms with Crippen LogP contribution in [0.3, 0.4) is 0 Å². The fraction of sp³-hybridized carbons (Fsp3) is 0.278. The number of amides is 1. The Hall–Kier alpha value is -3.07. The molecule has 0 saturated carbocycles. The van der Waals surface area contributed by atoms with Crippen LogP contribution in [-0.4, -0.2) is 24.1 Å². The first-order chi connectivity index (χ1) is 11.7. The van der Waals surface area contributed by atoms with Crippen LogP contribution in [0.5, 0.6) is 11.5 Å². The van der Waals surface area contributed by atoms with Gasteiger partial charge in [-0.1, -0.05) is 6.07 Å². The Bertz CT molecular complexity index is 725. The highest BCUT2D eigenvalue weighted by Crippen LogP contribution is 2.22. The molecule has 0 atom stereocenters. The Labute approximate surface area is 141 Å². The van der Waals surface area contributed by atoms with Crippen molar-refractivity contribution in [1.82, 2.24) is 4.98 Å². The van der Waals surface area contributed by atoms with Gasteiger partial charge in [-0.25, -0.2) is 4.98 Å². The molecule has 0 spiro atoms. The monoisotopic (exact) mass is 325 g/mol. The number of carbonyl (C=O) groups excluding carboxylic acids is 1. The topological polar surface area (TPSA) is 84.2 Å². The molecular formula is C18H19N3O3. The maximum atomic E-state index is 12.4. The zero-order chi connectivity index (χ0) is 17.2. The van der Waals surface area contributed by atoms with Crippen molar-refractivity contribution in [3.63, 3.8) is 0 Å². The number of benzene rings is 1. The van der Waals surface area contributed by atoms with Crippen molar-refractivity contribution in [2.24, 2.45) is 0 Å². The lowest BCUT2D eigenvalue weighted by molar-refractivity contribution is 0.102. The minimum Gasteiger partial charge on any atom is -0.494 e. The van der Waals surface area contributed by atoms with Crippen LogP contribution in [0.1, 0.15) is 30.1 Å². The van der Waals surface area contributed by atoms with E-state index in [4.69, 9.17) is 14.7 Å². The molecule has 2 aromatic rings. The number of hydrogen-bond donors (Lipinski definition) is 1. The molecule has 0 aliphatic rings. The van der Waals surface area contributed by atoms with Gasteiger partial charge in [-0.2, -0.15) is 5.26 Å². The van der Waals surface area contributed by atoms with E-state index >= 15 is 0 Å². The highest BCUT2D eigenvalue weighted by molar-refractivity contribution is 6.04. The lowest BCUT2D eigenvalue weighted by Gasteiger charge is -2.11. The fourth-order valence-electron chi connectivity index (χ4n) is 2.01. The predicted molar refractivity (Wildman–Crippen MR) is 90.1 cm³/mol. The van der Waals surface area contributed by atoms with Crippen LogP contribution in [0.15, 0.2) is 42.6 Å². The molecule has 2 rings (SSSR count). The summed E-state index contributed by atoms with van der Waals surface area (Å²) in [5.74, 6) is 1.17. The first-order valence-electron chi connectivity index (χ1n) is 7.73. The quantitative estimate of drug-likeness (QED) is 0.752.